The smallest absolute Gasteiger partial charge is 0.155 e. The third kappa shape index (κ3) is 2.86. The molecular formula is C15H10ClN5S. The highest BCUT2D eigenvalue weighted by Gasteiger charge is 2.20. The zero-order chi connectivity index (χ0) is 15.5. The van der Waals surface area contributed by atoms with Crippen LogP contribution in [0.5, 0.6) is 0 Å². The van der Waals surface area contributed by atoms with E-state index in [0.717, 1.165) is 11.4 Å². The number of thiocarbonyl (C=S) groups is 1. The summed E-state index contributed by atoms with van der Waals surface area (Å²) in [7, 11) is 0. The van der Waals surface area contributed by atoms with E-state index in [1.165, 1.54) is 0 Å². The van der Waals surface area contributed by atoms with Crippen LogP contribution in [-0.2, 0) is 0 Å². The number of aromatic nitrogens is 1. The molecule has 0 atom stereocenters. The zero-order valence-corrected chi connectivity index (χ0v) is 12.8. The van der Waals surface area contributed by atoms with Crippen molar-refractivity contribution in [3.05, 3.63) is 59.0 Å². The predicted molar refractivity (Wildman–Crippen MR) is 91.8 cm³/mol. The molecule has 2 heterocycles. The highest BCUT2D eigenvalue weighted by molar-refractivity contribution is 7.81. The van der Waals surface area contributed by atoms with Gasteiger partial charge in [-0.2, -0.15) is 5.26 Å². The molecule has 3 N–H and O–H groups in total. The van der Waals surface area contributed by atoms with Gasteiger partial charge in [-0.3, -0.25) is 0 Å². The molecule has 1 aliphatic rings. The maximum Gasteiger partial charge on any atom is 0.155 e. The number of rotatable bonds is 2. The first-order valence-electron chi connectivity index (χ1n) is 6.38. The third-order valence-corrected chi connectivity index (χ3v) is 3.56. The summed E-state index contributed by atoms with van der Waals surface area (Å²) in [6, 6.07) is 12.9. The van der Waals surface area contributed by atoms with Crippen molar-refractivity contribution >= 4 is 46.0 Å². The Morgan fingerprint density at radius 1 is 1.23 bits per heavy atom. The number of anilines is 3. The van der Waals surface area contributed by atoms with Crippen molar-refractivity contribution in [1.82, 2.24) is 4.98 Å². The molecule has 0 fully saturated rings. The summed E-state index contributed by atoms with van der Waals surface area (Å²) in [5, 5.41) is 19.2. The minimum Gasteiger partial charge on any atom is -0.345 e. The van der Waals surface area contributed by atoms with Crippen LogP contribution in [0.2, 0.25) is 5.02 Å². The van der Waals surface area contributed by atoms with Gasteiger partial charge in [0.15, 0.2) is 5.82 Å². The van der Waals surface area contributed by atoms with E-state index in [-0.39, 0.29) is 0 Å². The SMILES string of the molecule is N#C/C(C(=S)Nc1ccc(Cl)cc1)=C1\Nc2cccnc2N1. The lowest BCUT2D eigenvalue weighted by molar-refractivity contribution is 1.33. The second-order valence-electron chi connectivity index (χ2n) is 4.47. The third-order valence-electron chi connectivity index (χ3n) is 3.00. The van der Waals surface area contributed by atoms with Gasteiger partial charge in [-0.05, 0) is 36.4 Å². The van der Waals surface area contributed by atoms with E-state index in [9.17, 15) is 5.26 Å². The van der Waals surface area contributed by atoms with Crippen LogP contribution < -0.4 is 16.0 Å². The Hall–Kier alpha value is -2.62. The zero-order valence-electron chi connectivity index (χ0n) is 11.2. The van der Waals surface area contributed by atoms with Crippen LogP contribution >= 0.6 is 23.8 Å². The average molecular weight is 328 g/mol. The van der Waals surface area contributed by atoms with Crippen LogP contribution in [-0.4, -0.2) is 9.97 Å². The highest BCUT2D eigenvalue weighted by Crippen LogP contribution is 2.29. The van der Waals surface area contributed by atoms with E-state index < -0.39 is 0 Å². The van der Waals surface area contributed by atoms with Gasteiger partial charge in [0.1, 0.15) is 22.5 Å². The monoisotopic (exact) mass is 327 g/mol. The van der Waals surface area contributed by atoms with Gasteiger partial charge in [0, 0.05) is 16.9 Å². The van der Waals surface area contributed by atoms with Crippen molar-refractivity contribution in [3.8, 4) is 6.07 Å². The summed E-state index contributed by atoms with van der Waals surface area (Å²) in [6.07, 6.45) is 1.67. The number of nitriles is 1. The van der Waals surface area contributed by atoms with Crippen molar-refractivity contribution in [2.45, 2.75) is 0 Å². The number of hydrogen-bond donors (Lipinski definition) is 3. The molecule has 0 aliphatic carbocycles. The van der Waals surface area contributed by atoms with Crippen molar-refractivity contribution in [2.24, 2.45) is 0 Å². The molecule has 0 saturated carbocycles. The topological polar surface area (TPSA) is 72.8 Å². The molecule has 22 heavy (non-hydrogen) atoms. The van der Waals surface area contributed by atoms with E-state index >= 15 is 0 Å². The van der Waals surface area contributed by atoms with Crippen LogP contribution in [0.15, 0.2) is 54.0 Å². The molecule has 7 heteroatoms. The summed E-state index contributed by atoms with van der Waals surface area (Å²) in [6.45, 7) is 0. The quantitative estimate of drug-likeness (QED) is 0.443. The van der Waals surface area contributed by atoms with Gasteiger partial charge < -0.3 is 16.0 Å². The molecule has 0 radical (unpaired) electrons. The minimum atomic E-state index is 0.308. The Labute approximate surface area is 137 Å². The molecule has 1 aromatic heterocycles. The van der Waals surface area contributed by atoms with Crippen LogP contribution in [0.1, 0.15) is 0 Å². The number of nitrogens with one attached hydrogen (secondary N) is 3. The van der Waals surface area contributed by atoms with Crippen LogP contribution in [0.25, 0.3) is 0 Å². The normalized spacial score (nSPS) is 14.2. The molecule has 0 amide bonds. The molecule has 3 rings (SSSR count). The average Bonchev–Trinajstić information content (AvgIpc) is 2.94. The van der Waals surface area contributed by atoms with Gasteiger partial charge in [0.25, 0.3) is 0 Å². The molecule has 0 unspecified atom stereocenters. The second-order valence-corrected chi connectivity index (χ2v) is 5.32. The number of nitrogens with zero attached hydrogens (tertiary/aromatic N) is 2. The van der Waals surface area contributed by atoms with Gasteiger partial charge in [-0.15, -0.1) is 0 Å². The first kappa shape index (κ1) is 14.3. The minimum absolute atomic E-state index is 0.308. The molecule has 0 spiro atoms. The predicted octanol–water partition coefficient (Wildman–Crippen LogP) is 3.75. The highest BCUT2D eigenvalue weighted by atomic mass is 35.5. The van der Waals surface area contributed by atoms with E-state index in [1.54, 1.807) is 30.5 Å². The van der Waals surface area contributed by atoms with E-state index in [0.29, 0.717) is 27.2 Å². The van der Waals surface area contributed by atoms with Crippen molar-refractivity contribution in [3.63, 3.8) is 0 Å². The molecule has 0 saturated heterocycles. The summed E-state index contributed by atoms with van der Waals surface area (Å²) in [4.78, 5) is 4.50. The Morgan fingerprint density at radius 3 is 2.68 bits per heavy atom. The maximum absolute atomic E-state index is 9.40. The van der Waals surface area contributed by atoms with Crippen LogP contribution in [0.3, 0.4) is 0 Å². The van der Waals surface area contributed by atoms with Crippen molar-refractivity contribution in [1.29, 1.82) is 5.26 Å². The fourth-order valence-corrected chi connectivity index (χ4v) is 2.35. The summed E-state index contributed by atoms with van der Waals surface area (Å²) in [5.41, 5.74) is 1.87. The van der Waals surface area contributed by atoms with Gasteiger partial charge in [0.2, 0.25) is 0 Å². The lowest BCUT2D eigenvalue weighted by atomic mass is 10.2. The van der Waals surface area contributed by atoms with Gasteiger partial charge in [-0.25, -0.2) is 4.98 Å². The molecule has 1 aliphatic heterocycles. The first-order chi connectivity index (χ1) is 10.7. The molecule has 5 nitrogen and oxygen atoms in total. The van der Waals surface area contributed by atoms with Crippen molar-refractivity contribution in [2.75, 3.05) is 16.0 Å². The van der Waals surface area contributed by atoms with Gasteiger partial charge in [-0.1, -0.05) is 23.8 Å². The van der Waals surface area contributed by atoms with Gasteiger partial charge >= 0.3 is 0 Å². The second kappa shape index (κ2) is 6.02. The van der Waals surface area contributed by atoms with E-state index in [1.807, 2.05) is 12.1 Å². The summed E-state index contributed by atoms with van der Waals surface area (Å²) >= 11 is 11.2. The Morgan fingerprint density at radius 2 is 2.00 bits per heavy atom. The lowest BCUT2D eigenvalue weighted by Gasteiger charge is -2.09. The fraction of sp³-hybridized carbons (Fsp3) is 0. The Balaban J connectivity index is 1.83. The first-order valence-corrected chi connectivity index (χ1v) is 7.16. The Kier molecular flexibility index (Phi) is 3.92. The number of halogens is 1. The number of benzene rings is 1. The fourth-order valence-electron chi connectivity index (χ4n) is 1.96. The standard InChI is InChI=1S/C15H10ClN5S/c16-9-3-5-10(6-4-9)19-15(22)11(8-17)13-20-12-2-1-7-18-14(12)21-13/h1-7,20H,(H,18,21)(H,19,22)/b13-11-. The van der Waals surface area contributed by atoms with Crippen molar-refractivity contribution < 1.29 is 0 Å². The molecular weight excluding hydrogens is 318 g/mol. The number of pyridine rings is 1. The molecule has 1 aromatic carbocycles. The summed E-state index contributed by atoms with van der Waals surface area (Å²) < 4.78 is 0. The lowest BCUT2D eigenvalue weighted by Crippen LogP contribution is -2.17. The Bertz CT molecular complexity index is 780. The van der Waals surface area contributed by atoms with E-state index in [2.05, 4.69) is 27.0 Å². The number of fused-ring (bicyclic) bond motifs is 1. The molecule has 108 valence electrons. The van der Waals surface area contributed by atoms with Gasteiger partial charge in [0.05, 0.1) is 5.69 Å². The molecule has 0 bridgehead atoms. The number of hydrogen-bond acceptors (Lipinski definition) is 5. The van der Waals surface area contributed by atoms with E-state index in [4.69, 9.17) is 23.8 Å². The van der Waals surface area contributed by atoms with Crippen LogP contribution in [0.4, 0.5) is 17.2 Å². The maximum atomic E-state index is 9.40. The van der Waals surface area contributed by atoms with Crippen LogP contribution in [0, 0.1) is 11.3 Å². The summed E-state index contributed by atoms with van der Waals surface area (Å²) in [5.74, 6) is 1.18. The largest absolute Gasteiger partial charge is 0.345 e. The molecule has 2 aromatic rings.